The molecule has 0 amide bonds. The first-order valence-corrected chi connectivity index (χ1v) is 7.73. The Balaban J connectivity index is 2.13. The Morgan fingerprint density at radius 1 is 1.53 bits per heavy atom. The van der Waals surface area contributed by atoms with Crippen molar-refractivity contribution in [3.05, 3.63) is 29.4 Å². The minimum atomic E-state index is 1.04. The van der Waals surface area contributed by atoms with Crippen molar-refractivity contribution in [2.75, 3.05) is 31.1 Å². The molecule has 1 aliphatic rings. The summed E-state index contributed by atoms with van der Waals surface area (Å²) in [6.07, 6.45) is 7.93. The minimum absolute atomic E-state index is 1.04. The van der Waals surface area contributed by atoms with Gasteiger partial charge in [-0.05, 0) is 24.3 Å². The predicted octanol–water partition coefficient (Wildman–Crippen LogP) is 2.21. The summed E-state index contributed by atoms with van der Waals surface area (Å²) in [6.45, 7) is 6.32. The van der Waals surface area contributed by atoms with E-state index in [0.717, 1.165) is 55.4 Å². The number of anilines is 1. The number of thiazole rings is 1. The first-order chi connectivity index (χ1) is 9.35. The fourth-order valence-electron chi connectivity index (χ4n) is 2.06. The van der Waals surface area contributed by atoms with Gasteiger partial charge in [0.1, 0.15) is 0 Å². The smallest absolute Gasteiger partial charge is 0.185 e. The fraction of sp³-hybridized carbons (Fsp3) is 0.500. The van der Waals surface area contributed by atoms with Crippen molar-refractivity contribution >= 4 is 22.0 Å². The van der Waals surface area contributed by atoms with Crippen LogP contribution in [0.4, 0.5) is 5.13 Å². The van der Waals surface area contributed by atoms with Crippen LogP contribution in [-0.2, 0) is 0 Å². The Morgan fingerprint density at radius 3 is 3.00 bits per heavy atom. The number of hydrogen-bond donors (Lipinski definition) is 2. The van der Waals surface area contributed by atoms with Crippen LogP contribution >= 0.6 is 11.3 Å². The largest absolute Gasteiger partial charge is 0.405 e. The molecule has 0 radical (unpaired) electrons. The minimum Gasteiger partial charge on any atom is -0.405 e. The third-order valence-electron chi connectivity index (χ3n) is 3.10. The first kappa shape index (κ1) is 14.1. The summed E-state index contributed by atoms with van der Waals surface area (Å²) >= 11 is 1.72. The van der Waals surface area contributed by atoms with Gasteiger partial charge in [0.2, 0.25) is 0 Å². The zero-order valence-electron chi connectivity index (χ0n) is 11.4. The van der Waals surface area contributed by atoms with Crippen LogP contribution in [0, 0.1) is 0 Å². The van der Waals surface area contributed by atoms with Crippen LogP contribution in [0.1, 0.15) is 25.5 Å². The van der Waals surface area contributed by atoms with Crippen molar-refractivity contribution in [2.45, 2.75) is 19.8 Å². The zero-order valence-corrected chi connectivity index (χ0v) is 12.2. The van der Waals surface area contributed by atoms with Gasteiger partial charge in [-0.3, -0.25) is 0 Å². The Kier molecular flexibility index (Phi) is 5.42. The summed E-state index contributed by atoms with van der Waals surface area (Å²) in [5.74, 6) is 0. The number of nitrogens with zero attached hydrogens (tertiary/aromatic N) is 2. The summed E-state index contributed by atoms with van der Waals surface area (Å²) < 4.78 is 0. The third kappa shape index (κ3) is 3.81. The molecule has 5 heteroatoms. The topological polar surface area (TPSA) is 54.2 Å². The highest BCUT2D eigenvalue weighted by Crippen LogP contribution is 2.26. The van der Waals surface area contributed by atoms with Crippen LogP contribution in [0.3, 0.4) is 0 Å². The number of nitrogens with one attached hydrogen (secondary N) is 1. The van der Waals surface area contributed by atoms with Crippen LogP contribution in [0.5, 0.6) is 0 Å². The Bertz CT molecular complexity index is 444. The molecule has 3 N–H and O–H groups in total. The van der Waals surface area contributed by atoms with Crippen LogP contribution in [0.15, 0.2) is 23.7 Å². The monoisotopic (exact) mass is 278 g/mol. The van der Waals surface area contributed by atoms with Crippen molar-refractivity contribution in [1.82, 2.24) is 10.3 Å². The Morgan fingerprint density at radius 2 is 2.32 bits per heavy atom. The van der Waals surface area contributed by atoms with Crippen molar-refractivity contribution in [1.29, 1.82) is 0 Å². The van der Waals surface area contributed by atoms with E-state index in [0.29, 0.717) is 0 Å². The van der Waals surface area contributed by atoms with E-state index in [4.69, 9.17) is 10.7 Å². The molecule has 0 spiro atoms. The molecule has 0 bridgehead atoms. The Labute approximate surface area is 119 Å². The molecule has 104 valence electrons. The number of allylic oxidation sites excluding steroid dienone is 3. The molecule has 4 nitrogen and oxygen atoms in total. The summed E-state index contributed by atoms with van der Waals surface area (Å²) in [5.41, 5.74) is 7.69. The lowest BCUT2D eigenvalue weighted by Crippen LogP contribution is -2.43. The number of hydrogen-bond acceptors (Lipinski definition) is 5. The molecular formula is C14H22N4S. The molecule has 2 heterocycles. The number of aromatic nitrogens is 1. The molecule has 1 saturated heterocycles. The standard InChI is InChI=1S/C14H22N4S/c1-2-3-4-12(5-6-15)13-11-19-14(17-13)18-9-7-16-8-10-18/h4-6,11,16H,2-3,7-10,15H2,1H3/b6-5-,12-4+. The molecular weight excluding hydrogens is 256 g/mol. The van der Waals surface area contributed by atoms with Gasteiger partial charge in [0.05, 0.1) is 5.69 Å². The highest BCUT2D eigenvalue weighted by atomic mass is 32.1. The van der Waals surface area contributed by atoms with E-state index in [1.54, 1.807) is 17.5 Å². The molecule has 1 fully saturated rings. The van der Waals surface area contributed by atoms with Crippen molar-refractivity contribution in [2.24, 2.45) is 5.73 Å². The summed E-state index contributed by atoms with van der Waals surface area (Å²) in [6, 6.07) is 0. The van der Waals surface area contributed by atoms with Crippen LogP contribution in [0.25, 0.3) is 5.57 Å². The van der Waals surface area contributed by atoms with Crippen molar-refractivity contribution in [3.63, 3.8) is 0 Å². The Hall–Kier alpha value is -1.33. The molecule has 0 unspecified atom stereocenters. The predicted molar refractivity (Wildman–Crippen MR) is 83.4 cm³/mol. The maximum Gasteiger partial charge on any atom is 0.185 e. The molecule has 0 saturated carbocycles. The van der Waals surface area contributed by atoms with Gasteiger partial charge in [-0.15, -0.1) is 11.3 Å². The summed E-state index contributed by atoms with van der Waals surface area (Å²) in [7, 11) is 0. The second-order valence-electron chi connectivity index (χ2n) is 4.56. The molecule has 0 aromatic carbocycles. The molecule has 1 aromatic rings. The SMILES string of the molecule is CCC/C=C(\C=C/N)c1csc(N2CCNCC2)n1. The van der Waals surface area contributed by atoms with Crippen LogP contribution < -0.4 is 16.0 Å². The highest BCUT2D eigenvalue weighted by Gasteiger charge is 2.14. The van der Waals surface area contributed by atoms with E-state index in [1.165, 1.54) is 0 Å². The molecule has 1 aromatic heterocycles. The molecule has 19 heavy (non-hydrogen) atoms. The fourth-order valence-corrected chi connectivity index (χ4v) is 2.95. The van der Waals surface area contributed by atoms with Gasteiger partial charge < -0.3 is 16.0 Å². The third-order valence-corrected chi connectivity index (χ3v) is 4.01. The van der Waals surface area contributed by atoms with Gasteiger partial charge in [0.15, 0.2) is 5.13 Å². The van der Waals surface area contributed by atoms with Gasteiger partial charge in [-0.2, -0.15) is 0 Å². The van der Waals surface area contributed by atoms with E-state index >= 15 is 0 Å². The number of nitrogens with two attached hydrogens (primary N) is 1. The lowest BCUT2D eigenvalue weighted by Gasteiger charge is -2.26. The van der Waals surface area contributed by atoms with E-state index in [-0.39, 0.29) is 0 Å². The van der Waals surface area contributed by atoms with E-state index in [9.17, 15) is 0 Å². The second kappa shape index (κ2) is 7.31. The molecule has 2 rings (SSSR count). The zero-order chi connectivity index (χ0) is 13.5. The van der Waals surface area contributed by atoms with E-state index in [1.807, 2.05) is 6.08 Å². The van der Waals surface area contributed by atoms with Gasteiger partial charge in [-0.25, -0.2) is 4.98 Å². The molecule has 0 atom stereocenters. The lowest BCUT2D eigenvalue weighted by molar-refractivity contribution is 0.588. The lowest BCUT2D eigenvalue weighted by atomic mass is 10.1. The van der Waals surface area contributed by atoms with Crippen LogP contribution in [-0.4, -0.2) is 31.2 Å². The number of unbranched alkanes of at least 4 members (excludes halogenated alkanes) is 1. The van der Waals surface area contributed by atoms with Gasteiger partial charge in [-0.1, -0.05) is 19.4 Å². The summed E-state index contributed by atoms with van der Waals surface area (Å²) in [5, 5.41) is 6.60. The van der Waals surface area contributed by atoms with Gasteiger partial charge in [0, 0.05) is 31.6 Å². The number of rotatable bonds is 5. The first-order valence-electron chi connectivity index (χ1n) is 6.85. The van der Waals surface area contributed by atoms with Gasteiger partial charge >= 0.3 is 0 Å². The van der Waals surface area contributed by atoms with Crippen LogP contribution in [0.2, 0.25) is 0 Å². The van der Waals surface area contributed by atoms with E-state index < -0.39 is 0 Å². The van der Waals surface area contributed by atoms with Gasteiger partial charge in [0.25, 0.3) is 0 Å². The van der Waals surface area contributed by atoms with Crippen molar-refractivity contribution < 1.29 is 0 Å². The second-order valence-corrected chi connectivity index (χ2v) is 5.40. The van der Waals surface area contributed by atoms with Crippen molar-refractivity contribution in [3.8, 4) is 0 Å². The quantitative estimate of drug-likeness (QED) is 0.811. The molecule has 1 aliphatic heterocycles. The summed E-state index contributed by atoms with van der Waals surface area (Å²) in [4.78, 5) is 7.09. The highest BCUT2D eigenvalue weighted by molar-refractivity contribution is 7.13. The average molecular weight is 278 g/mol. The average Bonchev–Trinajstić information content (AvgIpc) is 2.94. The number of piperazine rings is 1. The van der Waals surface area contributed by atoms with E-state index in [2.05, 4.69) is 28.6 Å². The maximum absolute atomic E-state index is 5.52. The molecule has 0 aliphatic carbocycles. The normalized spacial score (nSPS) is 17.3. The maximum atomic E-state index is 5.52.